The van der Waals surface area contributed by atoms with E-state index in [0.717, 1.165) is 4.47 Å². The van der Waals surface area contributed by atoms with E-state index in [2.05, 4.69) is 15.9 Å². The van der Waals surface area contributed by atoms with Crippen molar-refractivity contribution in [2.75, 3.05) is 18.0 Å². The number of nitro benzene ring substituents is 1. The number of hydrogen-bond donors (Lipinski definition) is 0. The van der Waals surface area contributed by atoms with Gasteiger partial charge in [0, 0.05) is 34.8 Å². The maximum atomic E-state index is 12.7. The first-order valence-electron chi connectivity index (χ1n) is 8.34. The summed E-state index contributed by atoms with van der Waals surface area (Å²) >= 11 is 3.33. The van der Waals surface area contributed by atoms with Gasteiger partial charge in [0.2, 0.25) is 0 Å². The van der Waals surface area contributed by atoms with Crippen LogP contribution in [0.25, 0.3) is 0 Å². The van der Waals surface area contributed by atoms with Crippen LogP contribution in [0.5, 0.6) is 0 Å². The van der Waals surface area contributed by atoms with Gasteiger partial charge in [0.15, 0.2) is 5.78 Å². The Morgan fingerprint density at radius 2 is 1.69 bits per heavy atom. The molecule has 0 bridgehead atoms. The molecule has 136 valence electrons. The molecule has 2 atom stereocenters. The molecule has 0 aromatic heterocycles. The maximum absolute atomic E-state index is 12.7. The summed E-state index contributed by atoms with van der Waals surface area (Å²) in [4.78, 5) is 25.8. The molecular formula is C19H19BrN2O4. The topological polar surface area (TPSA) is 72.7 Å². The molecule has 0 N–H and O–H groups in total. The van der Waals surface area contributed by atoms with Gasteiger partial charge >= 0.3 is 0 Å². The van der Waals surface area contributed by atoms with Crippen molar-refractivity contribution in [3.63, 3.8) is 0 Å². The third-order valence-corrected chi connectivity index (χ3v) is 4.83. The molecule has 0 aliphatic carbocycles. The van der Waals surface area contributed by atoms with Crippen molar-refractivity contribution in [2.45, 2.75) is 26.1 Å². The van der Waals surface area contributed by atoms with Gasteiger partial charge in [-0.25, -0.2) is 0 Å². The lowest BCUT2D eigenvalue weighted by Crippen LogP contribution is -2.45. The molecule has 1 aliphatic heterocycles. The third kappa shape index (κ3) is 3.94. The Balaban J connectivity index is 1.95. The van der Waals surface area contributed by atoms with Crippen molar-refractivity contribution >= 4 is 33.1 Å². The number of benzene rings is 2. The molecule has 1 saturated heterocycles. The van der Waals surface area contributed by atoms with E-state index in [-0.39, 0.29) is 23.7 Å². The summed E-state index contributed by atoms with van der Waals surface area (Å²) in [6.45, 7) is 5.04. The van der Waals surface area contributed by atoms with Gasteiger partial charge in [0.1, 0.15) is 5.69 Å². The normalized spacial score (nSPS) is 20.0. The lowest BCUT2D eigenvalue weighted by Gasteiger charge is -2.36. The van der Waals surface area contributed by atoms with Crippen LogP contribution in [0.2, 0.25) is 0 Å². The van der Waals surface area contributed by atoms with Crippen molar-refractivity contribution in [1.29, 1.82) is 0 Å². The highest BCUT2D eigenvalue weighted by Crippen LogP contribution is 2.32. The fourth-order valence-corrected chi connectivity index (χ4v) is 3.49. The smallest absolute Gasteiger partial charge is 0.293 e. The SMILES string of the molecule is C[C@H]1CN(c2ccc(C(=O)c3ccc(Br)cc3)cc2[N+](=O)[O-])C[C@H](C)O1. The zero-order chi connectivity index (χ0) is 18.8. The number of anilines is 1. The number of morpholine rings is 1. The highest BCUT2D eigenvalue weighted by Gasteiger charge is 2.28. The first-order chi connectivity index (χ1) is 12.3. The second-order valence-electron chi connectivity index (χ2n) is 6.46. The zero-order valence-electron chi connectivity index (χ0n) is 14.5. The molecule has 0 radical (unpaired) electrons. The number of ether oxygens (including phenoxy) is 1. The van der Waals surface area contributed by atoms with Gasteiger partial charge in [-0.1, -0.05) is 15.9 Å². The summed E-state index contributed by atoms with van der Waals surface area (Å²) in [5.74, 6) is -0.240. The molecule has 0 amide bonds. The van der Waals surface area contributed by atoms with Gasteiger partial charge in [-0.2, -0.15) is 0 Å². The van der Waals surface area contributed by atoms with Crippen LogP contribution in [0.4, 0.5) is 11.4 Å². The molecule has 1 aliphatic rings. The number of hydrogen-bond acceptors (Lipinski definition) is 5. The molecule has 2 aromatic rings. The van der Waals surface area contributed by atoms with Crippen LogP contribution >= 0.6 is 15.9 Å². The quantitative estimate of drug-likeness (QED) is 0.422. The average Bonchev–Trinajstić information content (AvgIpc) is 2.60. The molecule has 7 heteroatoms. The van der Waals surface area contributed by atoms with E-state index >= 15 is 0 Å². The molecule has 6 nitrogen and oxygen atoms in total. The van der Waals surface area contributed by atoms with E-state index in [1.54, 1.807) is 36.4 Å². The Kier molecular flexibility index (Phi) is 5.38. The number of rotatable bonds is 4. The van der Waals surface area contributed by atoms with Crippen LogP contribution in [0, 0.1) is 10.1 Å². The molecule has 0 saturated carbocycles. The third-order valence-electron chi connectivity index (χ3n) is 4.30. The minimum atomic E-state index is -0.432. The van der Waals surface area contributed by atoms with Gasteiger partial charge in [0.25, 0.3) is 5.69 Å². The van der Waals surface area contributed by atoms with Crippen molar-refractivity contribution < 1.29 is 14.5 Å². The summed E-state index contributed by atoms with van der Waals surface area (Å²) in [6.07, 6.45) is -0.0233. The molecule has 3 rings (SSSR count). The summed E-state index contributed by atoms with van der Waals surface area (Å²) in [5.41, 5.74) is 1.25. The summed E-state index contributed by atoms with van der Waals surface area (Å²) in [5, 5.41) is 11.6. The Labute approximate surface area is 160 Å². The fraction of sp³-hybridized carbons (Fsp3) is 0.316. The molecule has 1 heterocycles. The van der Waals surface area contributed by atoms with E-state index in [9.17, 15) is 14.9 Å². The Morgan fingerprint density at radius 1 is 1.12 bits per heavy atom. The van der Waals surface area contributed by atoms with Crippen LogP contribution in [0.3, 0.4) is 0 Å². The molecule has 1 fully saturated rings. The highest BCUT2D eigenvalue weighted by atomic mass is 79.9. The van der Waals surface area contributed by atoms with E-state index in [0.29, 0.717) is 29.9 Å². The van der Waals surface area contributed by atoms with Gasteiger partial charge in [-0.3, -0.25) is 14.9 Å². The molecule has 2 aromatic carbocycles. The first kappa shape index (κ1) is 18.5. The van der Waals surface area contributed by atoms with Crippen LogP contribution in [0.15, 0.2) is 46.9 Å². The summed E-state index contributed by atoms with van der Waals surface area (Å²) in [7, 11) is 0. The monoisotopic (exact) mass is 418 g/mol. The fourth-order valence-electron chi connectivity index (χ4n) is 3.22. The van der Waals surface area contributed by atoms with Crippen LogP contribution in [-0.2, 0) is 4.74 Å². The minimum absolute atomic E-state index is 0.0116. The Bertz CT molecular complexity index is 828. The van der Waals surface area contributed by atoms with Gasteiger partial charge in [0.05, 0.1) is 17.1 Å². The van der Waals surface area contributed by atoms with E-state index in [4.69, 9.17) is 4.74 Å². The largest absolute Gasteiger partial charge is 0.372 e. The molecule has 26 heavy (non-hydrogen) atoms. The van der Waals surface area contributed by atoms with E-state index in [1.807, 2.05) is 18.7 Å². The van der Waals surface area contributed by atoms with Gasteiger partial charge in [-0.05, 0) is 50.2 Å². The Morgan fingerprint density at radius 3 is 2.27 bits per heavy atom. The summed E-state index contributed by atoms with van der Waals surface area (Å²) in [6, 6.07) is 11.6. The predicted molar refractivity (Wildman–Crippen MR) is 103 cm³/mol. The number of ketones is 1. The maximum Gasteiger partial charge on any atom is 0.293 e. The predicted octanol–water partition coefficient (Wildman–Crippen LogP) is 4.20. The number of carbonyl (C=O) groups excluding carboxylic acids is 1. The number of carbonyl (C=O) groups is 1. The van der Waals surface area contributed by atoms with Gasteiger partial charge < -0.3 is 9.64 Å². The van der Waals surface area contributed by atoms with Crippen molar-refractivity contribution in [3.05, 3.63) is 68.2 Å². The Hall–Kier alpha value is -2.25. The van der Waals surface area contributed by atoms with Gasteiger partial charge in [-0.15, -0.1) is 0 Å². The van der Waals surface area contributed by atoms with Crippen molar-refractivity contribution in [2.24, 2.45) is 0 Å². The van der Waals surface area contributed by atoms with Crippen LogP contribution in [0.1, 0.15) is 29.8 Å². The number of nitrogens with zero attached hydrogens (tertiary/aromatic N) is 2. The first-order valence-corrected chi connectivity index (χ1v) is 9.13. The standard InChI is InChI=1S/C19H19BrN2O4/c1-12-10-21(11-13(2)26-12)17-8-5-15(9-18(17)22(24)25)19(23)14-3-6-16(20)7-4-14/h3-9,12-13H,10-11H2,1-2H3/t12-,13-/m0/s1. The number of halogens is 1. The second kappa shape index (κ2) is 7.55. The van der Waals surface area contributed by atoms with Crippen LogP contribution in [-0.4, -0.2) is 36.0 Å². The van der Waals surface area contributed by atoms with E-state index in [1.165, 1.54) is 6.07 Å². The molecule has 0 unspecified atom stereocenters. The lowest BCUT2D eigenvalue weighted by molar-refractivity contribution is -0.384. The second-order valence-corrected chi connectivity index (χ2v) is 7.37. The average molecular weight is 419 g/mol. The summed E-state index contributed by atoms with van der Waals surface area (Å²) < 4.78 is 6.56. The zero-order valence-corrected chi connectivity index (χ0v) is 16.1. The van der Waals surface area contributed by atoms with Crippen molar-refractivity contribution in [1.82, 2.24) is 0 Å². The molecule has 0 spiro atoms. The van der Waals surface area contributed by atoms with Crippen LogP contribution < -0.4 is 4.90 Å². The van der Waals surface area contributed by atoms with Crippen molar-refractivity contribution in [3.8, 4) is 0 Å². The molecular weight excluding hydrogens is 400 g/mol. The lowest BCUT2D eigenvalue weighted by atomic mass is 10.0. The highest BCUT2D eigenvalue weighted by molar-refractivity contribution is 9.10. The minimum Gasteiger partial charge on any atom is -0.372 e. The van der Waals surface area contributed by atoms with E-state index < -0.39 is 4.92 Å². The number of nitro groups is 1.